The highest BCUT2D eigenvalue weighted by atomic mass is 16.4. The Morgan fingerprint density at radius 1 is 1.37 bits per heavy atom. The van der Waals surface area contributed by atoms with Gasteiger partial charge in [0.25, 0.3) is 0 Å². The minimum absolute atomic E-state index is 0.0563. The standard InChI is InChI=1S/C12H16N4O3/c17-11(4-8-2-1-3-8)15-5-9(6-15)16-7-10(12(18)19)13-14-16/h7-9H,1-6H2,(H,18,19). The molecule has 19 heavy (non-hydrogen) atoms. The lowest BCUT2D eigenvalue weighted by molar-refractivity contribution is -0.138. The van der Waals surface area contributed by atoms with Crippen molar-refractivity contribution in [1.82, 2.24) is 19.9 Å². The van der Waals surface area contributed by atoms with Crippen LogP contribution < -0.4 is 0 Å². The van der Waals surface area contributed by atoms with Crippen molar-refractivity contribution in [3.63, 3.8) is 0 Å². The molecule has 3 rings (SSSR count). The van der Waals surface area contributed by atoms with E-state index in [1.165, 1.54) is 30.1 Å². The average Bonchev–Trinajstić information content (AvgIpc) is 2.71. The molecule has 7 nitrogen and oxygen atoms in total. The highest BCUT2D eigenvalue weighted by Gasteiger charge is 2.34. The molecule has 0 radical (unpaired) electrons. The maximum absolute atomic E-state index is 11.9. The Morgan fingerprint density at radius 2 is 2.11 bits per heavy atom. The molecule has 1 aliphatic carbocycles. The maximum atomic E-state index is 11.9. The molecule has 1 saturated heterocycles. The number of nitrogens with zero attached hydrogens (tertiary/aromatic N) is 4. The summed E-state index contributed by atoms with van der Waals surface area (Å²) in [6, 6.07) is 0.0611. The molecule has 1 aromatic rings. The van der Waals surface area contributed by atoms with E-state index in [1.54, 1.807) is 0 Å². The molecule has 0 spiro atoms. The van der Waals surface area contributed by atoms with Crippen LogP contribution in [0.2, 0.25) is 0 Å². The Labute approximate surface area is 110 Å². The van der Waals surface area contributed by atoms with Gasteiger partial charge in [0, 0.05) is 19.5 Å². The van der Waals surface area contributed by atoms with Crippen LogP contribution in [0.5, 0.6) is 0 Å². The highest BCUT2D eigenvalue weighted by molar-refractivity contribution is 5.84. The summed E-state index contributed by atoms with van der Waals surface area (Å²) in [7, 11) is 0. The molecule has 7 heteroatoms. The number of rotatable bonds is 4. The van der Waals surface area contributed by atoms with Crippen LogP contribution in [0.15, 0.2) is 6.20 Å². The van der Waals surface area contributed by atoms with Gasteiger partial charge >= 0.3 is 5.97 Å². The number of carbonyl (C=O) groups excluding carboxylic acids is 1. The Morgan fingerprint density at radius 3 is 2.63 bits per heavy atom. The average molecular weight is 264 g/mol. The number of aromatic nitrogens is 3. The molecule has 2 aliphatic rings. The van der Waals surface area contributed by atoms with Crippen molar-refractivity contribution < 1.29 is 14.7 Å². The summed E-state index contributed by atoms with van der Waals surface area (Å²) in [4.78, 5) is 24.4. The van der Waals surface area contributed by atoms with Crippen LogP contribution in [0.1, 0.15) is 42.2 Å². The number of hydrogen-bond donors (Lipinski definition) is 1. The van der Waals surface area contributed by atoms with Crippen LogP contribution in [0.4, 0.5) is 0 Å². The van der Waals surface area contributed by atoms with E-state index in [2.05, 4.69) is 10.3 Å². The van der Waals surface area contributed by atoms with Crippen molar-refractivity contribution in [3.05, 3.63) is 11.9 Å². The molecule has 1 aliphatic heterocycles. The van der Waals surface area contributed by atoms with Gasteiger partial charge in [0.2, 0.25) is 5.91 Å². The van der Waals surface area contributed by atoms with E-state index in [-0.39, 0.29) is 17.6 Å². The molecule has 102 valence electrons. The van der Waals surface area contributed by atoms with Crippen LogP contribution in [-0.2, 0) is 4.79 Å². The zero-order valence-corrected chi connectivity index (χ0v) is 10.5. The zero-order valence-electron chi connectivity index (χ0n) is 10.5. The quantitative estimate of drug-likeness (QED) is 0.858. The number of carboxylic acids is 1. The van der Waals surface area contributed by atoms with Gasteiger partial charge in [0.05, 0.1) is 12.2 Å². The van der Waals surface area contributed by atoms with Crippen molar-refractivity contribution in [3.8, 4) is 0 Å². The van der Waals surface area contributed by atoms with Crippen LogP contribution in [0.3, 0.4) is 0 Å². The van der Waals surface area contributed by atoms with Crippen molar-refractivity contribution >= 4 is 11.9 Å². The summed E-state index contributed by atoms with van der Waals surface area (Å²) in [5.74, 6) is -0.292. The summed E-state index contributed by atoms with van der Waals surface area (Å²) < 4.78 is 1.54. The van der Waals surface area contributed by atoms with E-state index in [4.69, 9.17) is 5.11 Å². The smallest absolute Gasteiger partial charge is 0.358 e. The van der Waals surface area contributed by atoms with Gasteiger partial charge in [0.15, 0.2) is 5.69 Å². The van der Waals surface area contributed by atoms with Crippen molar-refractivity contribution in [2.45, 2.75) is 31.7 Å². The zero-order chi connectivity index (χ0) is 13.4. The SMILES string of the molecule is O=C(O)c1cn(C2CN(C(=O)CC3CCC3)C2)nn1. The monoisotopic (exact) mass is 264 g/mol. The van der Waals surface area contributed by atoms with Crippen molar-refractivity contribution in [1.29, 1.82) is 0 Å². The summed E-state index contributed by atoms with van der Waals surface area (Å²) in [5, 5.41) is 16.1. The Kier molecular flexibility index (Phi) is 2.96. The molecule has 0 unspecified atom stereocenters. The van der Waals surface area contributed by atoms with Gasteiger partial charge in [0.1, 0.15) is 0 Å². The molecule has 0 atom stereocenters. The Hall–Kier alpha value is -1.92. The highest BCUT2D eigenvalue weighted by Crippen LogP contribution is 2.31. The molecule has 2 fully saturated rings. The third-order valence-electron chi connectivity index (χ3n) is 4.01. The van der Waals surface area contributed by atoms with E-state index in [1.807, 2.05) is 4.90 Å². The second-order valence-electron chi connectivity index (χ2n) is 5.34. The van der Waals surface area contributed by atoms with Crippen LogP contribution >= 0.6 is 0 Å². The molecule has 2 heterocycles. The lowest BCUT2D eigenvalue weighted by Gasteiger charge is -2.40. The Bertz CT molecular complexity index is 503. The van der Waals surface area contributed by atoms with Crippen molar-refractivity contribution in [2.75, 3.05) is 13.1 Å². The van der Waals surface area contributed by atoms with Gasteiger partial charge in [-0.15, -0.1) is 5.10 Å². The topological polar surface area (TPSA) is 88.3 Å². The van der Waals surface area contributed by atoms with E-state index in [0.717, 1.165) is 0 Å². The van der Waals surface area contributed by atoms with Gasteiger partial charge in [-0.1, -0.05) is 11.6 Å². The van der Waals surface area contributed by atoms with Gasteiger partial charge in [-0.25, -0.2) is 9.48 Å². The maximum Gasteiger partial charge on any atom is 0.358 e. The first-order chi connectivity index (χ1) is 9.13. The fourth-order valence-electron chi connectivity index (χ4n) is 2.45. The van der Waals surface area contributed by atoms with Crippen LogP contribution in [-0.4, -0.2) is 50.0 Å². The predicted molar refractivity (Wildman–Crippen MR) is 64.6 cm³/mol. The first kappa shape index (κ1) is 12.1. The van der Waals surface area contributed by atoms with E-state index in [0.29, 0.717) is 25.4 Å². The minimum atomic E-state index is -1.08. The van der Waals surface area contributed by atoms with E-state index < -0.39 is 5.97 Å². The number of aromatic carboxylic acids is 1. The summed E-state index contributed by atoms with van der Waals surface area (Å²) in [6.45, 7) is 1.21. The molecule has 0 bridgehead atoms. The summed E-state index contributed by atoms with van der Waals surface area (Å²) >= 11 is 0. The third kappa shape index (κ3) is 2.32. The second-order valence-corrected chi connectivity index (χ2v) is 5.34. The summed E-state index contributed by atoms with van der Waals surface area (Å²) in [6.07, 6.45) is 5.67. The molecule has 0 aromatic carbocycles. The lowest BCUT2D eigenvalue weighted by Crippen LogP contribution is -2.51. The fraction of sp³-hybridized carbons (Fsp3) is 0.667. The predicted octanol–water partition coefficient (Wildman–Crippen LogP) is 0.550. The first-order valence-electron chi connectivity index (χ1n) is 6.56. The van der Waals surface area contributed by atoms with Crippen LogP contribution in [0, 0.1) is 5.92 Å². The van der Waals surface area contributed by atoms with Crippen LogP contribution in [0.25, 0.3) is 0 Å². The largest absolute Gasteiger partial charge is 0.476 e. The second kappa shape index (κ2) is 4.64. The van der Waals surface area contributed by atoms with Gasteiger partial charge < -0.3 is 10.0 Å². The Balaban J connectivity index is 1.51. The molecule has 1 N–H and O–H groups in total. The molecule has 1 saturated carbocycles. The van der Waals surface area contributed by atoms with Gasteiger partial charge in [-0.3, -0.25) is 4.79 Å². The summed E-state index contributed by atoms with van der Waals surface area (Å²) in [5.41, 5.74) is -0.0563. The first-order valence-corrected chi connectivity index (χ1v) is 6.56. The number of carbonyl (C=O) groups is 2. The van der Waals surface area contributed by atoms with Gasteiger partial charge in [-0.05, 0) is 18.8 Å². The molecule has 1 aromatic heterocycles. The molecular formula is C12H16N4O3. The molecule has 1 amide bonds. The minimum Gasteiger partial charge on any atom is -0.476 e. The molecular weight excluding hydrogens is 248 g/mol. The number of amides is 1. The fourth-order valence-corrected chi connectivity index (χ4v) is 2.45. The number of likely N-dealkylation sites (tertiary alicyclic amines) is 1. The number of hydrogen-bond acceptors (Lipinski definition) is 4. The van der Waals surface area contributed by atoms with E-state index >= 15 is 0 Å². The van der Waals surface area contributed by atoms with E-state index in [9.17, 15) is 9.59 Å². The lowest BCUT2D eigenvalue weighted by atomic mass is 9.82. The third-order valence-corrected chi connectivity index (χ3v) is 4.01. The normalized spacial score (nSPS) is 19.9. The van der Waals surface area contributed by atoms with Crippen molar-refractivity contribution in [2.24, 2.45) is 5.92 Å². The van der Waals surface area contributed by atoms with Gasteiger partial charge in [-0.2, -0.15) is 0 Å². The number of carboxylic acid groups (broad SMARTS) is 1.